The maximum atomic E-state index is 12.7. The SMILES string of the molecule is CC(C)Cc1ccc(S(=O)(=O)N2CCC(C)(CN)C2)cc1. The Kier molecular flexibility index (Phi) is 4.76. The Labute approximate surface area is 128 Å². The molecule has 1 heterocycles. The van der Waals surface area contributed by atoms with E-state index in [1.165, 1.54) is 5.56 Å². The zero-order valence-corrected chi connectivity index (χ0v) is 14.0. The Morgan fingerprint density at radius 3 is 2.38 bits per heavy atom. The summed E-state index contributed by atoms with van der Waals surface area (Å²) in [5.74, 6) is 0.566. The summed E-state index contributed by atoms with van der Waals surface area (Å²) in [5.41, 5.74) is 6.84. The summed E-state index contributed by atoms with van der Waals surface area (Å²) in [6.07, 6.45) is 1.80. The molecule has 4 nitrogen and oxygen atoms in total. The fourth-order valence-corrected chi connectivity index (χ4v) is 4.36. The predicted molar refractivity (Wildman–Crippen MR) is 85.5 cm³/mol. The minimum Gasteiger partial charge on any atom is -0.330 e. The third-order valence-electron chi connectivity index (χ3n) is 4.22. The minimum absolute atomic E-state index is 0.0926. The van der Waals surface area contributed by atoms with Crippen LogP contribution in [0.25, 0.3) is 0 Å². The molecular formula is C16H26N2O2S. The second-order valence-electron chi connectivity index (χ2n) is 6.85. The summed E-state index contributed by atoms with van der Waals surface area (Å²) >= 11 is 0. The van der Waals surface area contributed by atoms with E-state index in [1.54, 1.807) is 16.4 Å². The molecule has 0 amide bonds. The first-order chi connectivity index (χ1) is 9.77. The number of nitrogens with two attached hydrogens (primary N) is 1. The summed E-state index contributed by atoms with van der Waals surface area (Å²) in [4.78, 5) is 0.385. The van der Waals surface area contributed by atoms with Crippen molar-refractivity contribution in [2.24, 2.45) is 17.1 Å². The molecule has 1 unspecified atom stereocenters. The first-order valence-electron chi connectivity index (χ1n) is 7.56. The standard InChI is InChI=1S/C16H26N2O2S/c1-13(2)10-14-4-6-15(7-5-14)21(19,20)18-9-8-16(3,11-17)12-18/h4-7,13H,8-12,17H2,1-3H3. The lowest BCUT2D eigenvalue weighted by Gasteiger charge is -2.22. The van der Waals surface area contributed by atoms with Crippen LogP contribution >= 0.6 is 0 Å². The highest BCUT2D eigenvalue weighted by molar-refractivity contribution is 7.89. The van der Waals surface area contributed by atoms with Gasteiger partial charge in [0, 0.05) is 13.1 Å². The van der Waals surface area contributed by atoms with Gasteiger partial charge in [0.1, 0.15) is 0 Å². The lowest BCUT2D eigenvalue weighted by molar-refractivity contribution is 0.349. The largest absolute Gasteiger partial charge is 0.330 e. The molecule has 2 N–H and O–H groups in total. The topological polar surface area (TPSA) is 63.4 Å². The second-order valence-corrected chi connectivity index (χ2v) is 8.78. The zero-order valence-electron chi connectivity index (χ0n) is 13.2. The molecule has 5 heteroatoms. The first-order valence-corrected chi connectivity index (χ1v) is 9.00. The number of nitrogens with zero attached hydrogens (tertiary/aromatic N) is 1. The van der Waals surface area contributed by atoms with Crippen molar-refractivity contribution in [2.45, 2.75) is 38.5 Å². The van der Waals surface area contributed by atoms with Crippen LogP contribution in [0.5, 0.6) is 0 Å². The van der Waals surface area contributed by atoms with Gasteiger partial charge in [-0.3, -0.25) is 0 Å². The van der Waals surface area contributed by atoms with E-state index in [9.17, 15) is 8.42 Å². The maximum absolute atomic E-state index is 12.7. The van der Waals surface area contributed by atoms with E-state index in [-0.39, 0.29) is 5.41 Å². The van der Waals surface area contributed by atoms with Crippen LogP contribution in [0, 0.1) is 11.3 Å². The lowest BCUT2D eigenvalue weighted by atomic mass is 9.90. The average Bonchev–Trinajstić information content (AvgIpc) is 2.83. The van der Waals surface area contributed by atoms with Crippen LogP contribution in [0.4, 0.5) is 0 Å². The monoisotopic (exact) mass is 310 g/mol. The molecule has 1 aliphatic rings. The number of hydrogen-bond donors (Lipinski definition) is 1. The molecule has 0 bridgehead atoms. The van der Waals surface area contributed by atoms with Crippen molar-refractivity contribution in [3.8, 4) is 0 Å². The fraction of sp³-hybridized carbons (Fsp3) is 0.625. The quantitative estimate of drug-likeness (QED) is 0.907. The Hall–Kier alpha value is -0.910. The molecule has 0 saturated carbocycles. The normalized spacial score (nSPS) is 23.9. The lowest BCUT2D eigenvalue weighted by Crippen LogP contribution is -2.34. The van der Waals surface area contributed by atoms with E-state index >= 15 is 0 Å². The number of sulfonamides is 1. The van der Waals surface area contributed by atoms with E-state index in [1.807, 2.05) is 19.1 Å². The van der Waals surface area contributed by atoms with Gasteiger partial charge in [-0.1, -0.05) is 32.9 Å². The van der Waals surface area contributed by atoms with Gasteiger partial charge >= 0.3 is 0 Å². The van der Waals surface area contributed by atoms with Gasteiger partial charge in [-0.15, -0.1) is 0 Å². The third-order valence-corrected chi connectivity index (χ3v) is 6.08. The van der Waals surface area contributed by atoms with Crippen LogP contribution in [-0.4, -0.2) is 32.4 Å². The van der Waals surface area contributed by atoms with E-state index in [0.717, 1.165) is 12.8 Å². The highest BCUT2D eigenvalue weighted by atomic mass is 32.2. The molecule has 21 heavy (non-hydrogen) atoms. The molecule has 1 aromatic rings. The molecule has 1 aromatic carbocycles. The Morgan fingerprint density at radius 2 is 1.90 bits per heavy atom. The third kappa shape index (κ3) is 3.65. The van der Waals surface area contributed by atoms with E-state index in [2.05, 4.69) is 13.8 Å². The number of hydrogen-bond acceptors (Lipinski definition) is 3. The number of rotatable bonds is 5. The van der Waals surface area contributed by atoms with Crippen LogP contribution < -0.4 is 5.73 Å². The molecule has 0 aromatic heterocycles. The molecule has 1 atom stereocenters. The summed E-state index contributed by atoms with van der Waals surface area (Å²) < 4.78 is 26.9. The molecule has 1 saturated heterocycles. The van der Waals surface area contributed by atoms with Crippen molar-refractivity contribution in [3.05, 3.63) is 29.8 Å². The van der Waals surface area contributed by atoms with E-state index < -0.39 is 10.0 Å². The summed E-state index contributed by atoms with van der Waals surface area (Å²) in [5, 5.41) is 0. The van der Waals surface area contributed by atoms with Crippen molar-refractivity contribution >= 4 is 10.0 Å². The smallest absolute Gasteiger partial charge is 0.243 e. The zero-order chi connectivity index (χ0) is 15.7. The maximum Gasteiger partial charge on any atom is 0.243 e. The van der Waals surface area contributed by atoms with Crippen molar-refractivity contribution in [1.82, 2.24) is 4.31 Å². The van der Waals surface area contributed by atoms with Crippen molar-refractivity contribution in [2.75, 3.05) is 19.6 Å². The highest BCUT2D eigenvalue weighted by Crippen LogP contribution is 2.32. The van der Waals surface area contributed by atoms with Gasteiger partial charge < -0.3 is 5.73 Å². The van der Waals surface area contributed by atoms with Crippen LogP contribution in [0.15, 0.2) is 29.2 Å². The Morgan fingerprint density at radius 1 is 1.29 bits per heavy atom. The van der Waals surface area contributed by atoms with Gasteiger partial charge in [0.15, 0.2) is 0 Å². The first kappa shape index (κ1) is 16.5. The van der Waals surface area contributed by atoms with Crippen molar-refractivity contribution < 1.29 is 8.42 Å². The molecule has 0 aliphatic carbocycles. The Balaban J connectivity index is 2.17. The molecule has 1 fully saturated rings. The molecule has 0 radical (unpaired) electrons. The van der Waals surface area contributed by atoms with Gasteiger partial charge in [-0.2, -0.15) is 4.31 Å². The Bertz CT molecular complexity index is 581. The van der Waals surface area contributed by atoms with Crippen molar-refractivity contribution in [3.63, 3.8) is 0 Å². The minimum atomic E-state index is -3.39. The van der Waals surface area contributed by atoms with Gasteiger partial charge in [0.2, 0.25) is 10.0 Å². The molecule has 2 rings (SSSR count). The van der Waals surface area contributed by atoms with E-state index in [4.69, 9.17) is 5.73 Å². The summed E-state index contributed by atoms with van der Waals surface area (Å²) in [6, 6.07) is 7.30. The van der Waals surface area contributed by atoms with Crippen LogP contribution in [0.2, 0.25) is 0 Å². The second kappa shape index (κ2) is 6.07. The van der Waals surface area contributed by atoms with Gasteiger partial charge in [-0.25, -0.2) is 8.42 Å². The van der Waals surface area contributed by atoms with Crippen molar-refractivity contribution in [1.29, 1.82) is 0 Å². The molecule has 1 aliphatic heterocycles. The molecule has 118 valence electrons. The average molecular weight is 310 g/mol. The van der Waals surface area contributed by atoms with Crippen LogP contribution in [0.1, 0.15) is 32.8 Å². The molecule has 0 spiro atoms. The fourth-order valence-electron chi connectivity index (χ4n) is 2.77. The predicted octanol–water partition coefficient (Wildman–Crippen LogP) is 2.24. The van der Waals surface area contributed by atoms with Crippen LogP contribution in [0.3, 0.4) is 0 Å². The van der Waals surface area contributed by atoms with Gasteiger partial charge in [0.05, 0.1) is 4.90 Å². The van der Waals surface area contributed by atoms with Gasteiger partial charge in [-0.05, 0) is 48.4 Å². The van der Waals surface area contributed by atoms with Crippen LogP contribution in [-0.2, 0) is 16.4 Å². The summed E-state index contributed by atoms with van der Waals surface area (Å²) in [7, 11) is -3.39. The van der Waals surface area contributed by atoms with E-state index in [0.29, 0.717) is 30.4 Å². The highest BCUT2D eigenvalue weighted by Gasteiger charge is 2.38. The number of benzene rings is 1. The summed E-state index contributed by atoms with van der Waals surface area (Å²) in [6.45, 7) is 7.95. The van der Waals surface area contributed by atoms with Gasteiger partial charge in [0.25, 0.3) is 0 Å². The molecular weight excluding hydrogens is 284 g/mol.